The molecule has 0 bridgehead atoms. The van der Waals surface area contributed by atoms with E-state index in [1.807, 2.05) is 28.8 Å². The van der Waals surface area contributed by atoms with E-state index in [1.54, 1.807) is 6.33 Å². The molecule has 3 heterocycles. The highest BCUT2D eigenvalue weighted by Crippen LogP contribution is 2.50. The fourth-order valence-corrected chi connectivity index (χ4v) is 11.1. The highest BCUT2D eigenvalue weighted by molar-refractivity contribution is 6.74. The fourth-order valence-electron chi connectivity index (χ4n) is 8.77. The van der Waals surface area contributed by atoms with E-state index in [1.165, 1.54) is 27.1 Å². The minimum Gasteiger partial charge on any atom is -0.456 e. The van der Waals surface area contributed by atoms with E-state index in [4.69, 9.17) is 42.8 Å². The smallest absolute Gasteiger partial charge is 0.303 e. The number of carbonyl (C=O) groups excluding carboxylic acids is 3. The van der Waals surface area contributed by atoms with Gasteiger partial charge in [-0.15, -0.1) is 0 Å². The van der Waals surface area contributed by atoms with E-state index >= 15 is 0 Å². The third-order valence-electron chi connectivity index (χ3n) is 14.0. The number of esters is 3. The zero-order valence-electron chi connectivity index (χ0n) is 39.2. The lowest BCUT2D eigenvalue weighted by atomic mass is 9.77. The summed E-state index contributed by atoms with van der Waals surface area (Å²) >= 11 is 0. The van der Waals surface area contributed by atoms with Gasteiger partial charge in [-0.05, 0) is 80.2 Å². The summed E-state index contributed by atoms with van der Waals surface area (Å²) in [5.41, 5.74) is 2.26. The first-order valence-electron chi connectivity index (χ1n) is 22.1. The highest BCUT2D eigenvalue weighted by atomic mass is 28.4. The lowest BCUT2D eigenvalue weighted by molar-refractivity contribution is -0.187. The Morgan fingerprint density at radius 2 is 1.41 bits per heavy atom. The lowest BCUT2D eigenvalue weighted by Crippen LogP contribution is -2.50. The molecule has 1 saturated heterocycles. The zero-order valence-corrected chi connectivity index (χ0v) is 41.2. The third kappa shape index (κ3) is 8.27. The molecule has 64 heavy (non-hydrogen) atoms. The number of nitrogens with zero attached hydrogens (tertiary/aromatic N) is 4. The maximum atomic E-state index is 13.1. The van der Waals surface area contributed by atoms with Crippen molar-refractivity contribution in [1.82, 2.24) is 19.5 Å². The second kappa shape index (κ2) is 16.5. The van der Waals surface area contributed by atoms with Crippen LogP contribution in [0.5, 0.6) is 0 Å². The molecule has 7 atom stereocenters. The van der Waals surface area contributed by atoms with Gasteiger partial charge in [0.1, 0.15) is 18.7 Å². The van der Waals surface area contributed by atoms with Gasteiger partial charge in [0.25, 0.3) is 0 Å². The second-order valence-corrected chi connectivity index (χ2v) is 30.0. The Hall–Kier alpha value is -5.01. The molecule has 0 amide bonds. The van der Waals surface area contributed by atoms with E-state index in [-0.39, 0.29) is 22.3 Å². The molecule has 8 rings (SSSR count). The van der Waals surface area contributed by atoms with Gasteiger partial charge in [0.15, 0.2) is 51.9 Å². The normalized spacial score (nSPS) is 23.2. The number of benzene rings is 4. The average Bonchev–Trinajstić information content (AvgIpc) is 3.81. The largest absolute Gasteiger partial charge is 0.456 e. The molecule has 1 aliphatic carbocycles. The number of aromatic nitrogens is 4. The Balaban J connectivity index is 1.24. The number of ether oxygens (including phenoxy) is 4. The van der Waals surface area contributed by atoms with Gasteiger partial charge >= 0.3 is 17.9 Å². The Morgan fingerprint density at radius 1 is 0.781 bits per heavy atom. The number of hydrogen-bond donors (Lipinski definition) is 1. The van der Waals surface area contributed by atoms with E-state index < -0.39 is 65.1 Å². The number of rotatable bonds is 11. The molecule has 0 spiro atoms. The van der Waals surface area contributed by atoms with E-state index in [0.29, 0.717) is 41.1 Å². The molecule has 340 valence electrons. The van der Waals surface area contributed by atoms with Crippen molar-refractivity contribution in [2.24, 2.45) is 0 Å². The lowest BCUT2D eigenvalue weighted by Gasteiger charge is -2.43. The quantitative estimate of drug-likeness (QED) is 0.0566. The van der Waals surface area contributed by atoms with Crippen LogP contribution in [0.1, 0.15) is 98.2 Å². The Labute approximate surface area is 376 Å². The van der Waals surface area contributed by atoms with Crippen molar-refractivity contribution in [3.63, 3.8) is 0 Å². The molecule has 16 heteroatoms. The minimum absolute atomic E-state index is 0.0181. The molecule has 0 radical (unpaired) electrons. The average molecular weight is 908 g/mol. The Kier molecular flexibility index (Phi) is 11.7. The monoisotopic (exact) mass is 907 g/mol. The van der Waals surface area contributed by atoms with Crippen molar-refractivity contribution in [3.8, 4) is 0 Å². The van der Waals surface area contributed by atoms with Gasteiger partial charge in [0.2, 0.25) is 0 Å². The van der Waals surface area contributed by atoms with E-state index in [9.17, 15) is 14.4 Å². The third-order valence-corrected chi connectivity index (χ3v) is 23.0. The van der Waals surface area contributed by atoms with Crippen molar-refractivity contribution >= 4 is 83.8 Å². The molecule has 0 unspecified atom stereocenters. The summed E-state index contributed by atoms with van der Waals surface area (Å²) in [6, 6.07) is 15.5. The van der Waals surface area contributed by atoms with Gasteiger partial charge in [-0.25, -0.2) is 15.0 Å². The molecule has 4 aromatic carbocycles. The van der Waals surface area contributed by atoms with Crippen LogP contribution in [0.3, 0.4) is 0 Å². The second-order valence-electron chi connectivity index (χ2n) is 20.4. The molecule has 2 aromatic heterocycles. The predicted octanol–water partition coefficient (Wildman–Crippen LogP) is 10.1. The first kappa shape index (κ1) is 45.6. The first-order chi connectivity index (χ1) is 30.0. The number of imidazole rings is 1. The van der Waals surface area contributed by atoms with Crippen molar-refractivity contribution in [2.75, 3.05) is 11.9 Å². The van der Waals surface area contributed by atoms with Crippen molar-refractivity contribution in [2.45, 2.75) is 148 Å². The van der Waals surface area contributed by atoms with Gasteiger partial charge in [-0.1, -0.05) is 84.0 Å². The summed E-state index contributed by atoms with van der Waals surface area (Å²) in [4.78, 5) is 53.1. The van der Waals surface area contributed by atoms with Crippen LogP contribution in [-0.4, -0.2) is 85.1 Å². The zero-order chi connectivity index (χ0) is 46.3. The SMILES string of the molecule is CC(=O)O[C@@H]1[C@@H](OC(C)=O)[C@@H](Nc2ncnc3c2ncn3[C@H]2C[C@H](O[Si](C)(C)C(C)(C)C)[C@@H](CO[Si](C)(C)C(C)(C)C)O2)c2c(cc3ccc4cccc5ccc2c3c45)[C@H]1OC(C)=O. The molecular weight excluding hydrogens is 847 g/mol. The molecule has 1 fully saturated rings. The minimum atomic E-state index is -2.22. The molecular formula is C48H61N5O9Si2. The molecule has 1 aliphatic heterocycles. The summed E-state index contributed by atoms with van der Waals surface area (Å²) in [7, 11) is -4.34. The molecule has 2 aliphatic rings. The van der Waals surface area contributed by atoms with Crippen LogP contribution in [0.4, 0.5) is 5.82 Å². The van der Waals surface area contributed by atoms with Crippen LogP contribution in [0.15, 0.2) is 61.2 Å². The Bertz CT molecular complexity index is 2740. The van der Waals surface area contributed by atoms with E-state index in [2.05, 4.69) is 97.3 Å². The van der Waals surface area contributed by atoms with Crippen LogP contribution in [-0.2, 0) is 42.2 Å². The van der Waals surface area contributed by atoms with Crippen molar-refractivity contribution in [3.05, 3.63) is 72.3 Å². The number of fused-ring (bicyclic) bond motifs is 3. The van der Waals surface area contributed by atoms with Gasteiger partial charge < -0.3 is 33.1 Å². The summed E-state index contributed by atoms with van der Waals surface area (Å²) in [6.07, 6.45) is -0.823. The Morgan fingerprint density at radius 3 is 2.05 bits per heavy atom. The number of carbonyl (C=O) groups is 3. The standard InChI is InChI=1S/C48H61N5O9Si2/c1-26(54)58-42-33-21-31-18-17-29-15-14-16-30-19-20-32(38(31)37(29)30)39(33)40(43(59-27(2)55)44(42)60-28(3)56)52-45-41-46(50-24-49-45)53(25-51-41)36-22-34(62-64(12,13)48(7,8)9)35(61-36)23-57-63(10,11)47(4,5)6/h14-21,24-25,34-36,40,42-44H,22-23H2,1-13H3,(H,49,50,52)/t34-,35+,36+,40-,42+,43-,44-/m0/s1. The molecule has 0 saturated carbocycles. The maximum absolute atomic E-state index is 13.1. The maximum Gasteiger partial charge on any atom is 0.303 e. The summed E-state index contributed by atoms with van der Waals surface area (Å²) in [5, 5.41) is 9.53. The van der Waals surface area contributed by atoms with Crippen LogP contribution in [0.2, 0.25) is 36.3 Å². The summed E-state index contributed by atoms with van der Waals surface area (Å²) in [6.45, 7) is 26.6. The number of anilines is 1. The predicted molar refractivity (Wildman–Crippen MR) is 251 cm³/mol. The molecule has 6 aromatic rings. The van der Waals surface area contributed by atoms with E-state index in [0.717, 1.165) is 32.3 Å². The molecule has 1 N–H and O–H groups in total. The van der Waals surface area contributed by atoms with Crippen LogP contribution in [0, 0.1) is 0 Å². The van der Waals surface area contributed by atoms with Crippen molar-refractivity contribution < 1.29 is 42.2 Å². The van der Waals surface area contributed by atoms with Gasteiger partial charge in [0, 0.05) is 32.8 Å². The van der Waals surface area contributed by atoms with Crippen molar-refractivity contribution in [1.29, 1.82) is 0 Å². The first-order valence-corrected chi connectivity index (χ1v) is 27.9. The molecule has 14 nitrogen and oxygen atoms in total. The number of nitrogens with one attached hydrogen (secondary N) is 1. The van der Waals surface area contributed by atoms with Gasteiger partial charge in [-0.3, -0.25) is 19.0 Å². The highest BCUT2D eigenvalue weighted by Gasteiger charge is 2.51. The van der Waals surface area contributed by atoms with Crippen LogP contribution in [0.25, 0.3) is 43.5 Å². The topological polar surface area (TPSA) is 162 Å². The van der Waals surface area contributed by atoms with Crippen LogP contribution >= 0.6 is 0 Å². The van der Waals surface area contributed by atoms with Gasteiger partial charge in [0.05, 0.1) is 25.1 Å². The number of hydrogen-bond acceptors (Lipinski definition) is 13. The van der Waals surface area contributed by atoms with Gasteiger partial charge in [-0.2, -0.15) is 0 Å². The fraction of sp³-hybridized carbons (Fsp3) is 0.500. The summed E-state index contributed by atoms with van der Waals surface area (Å²) in [5.74, 6) is -1.49. The summed E-state index contributed by atoms with van der Waals surface area (Å²) < 4.78 is 40.7. The van der Waals surface area contributed by atoms with Crippen LogP contribution < -0.4 is 5.32 Å².